The van der Waals surface area contributed by atoms with E-state index in [1.54, 1.807) is 5.56 Å². The van der Waals surface area contributed by atoms with Crippen molar-refractivity contribution in [1.82, 2.24) is 0 Å². The van der Waals surface area contributed by atoms with Crippen LogP contribution in [0.25, 0.3) is 0 Å². The molecule has 4 aliphatic carbocycles. The van der Waals surface area contributed by atoms with Gasteiger partial charge in [-0.2, -0.15) is 0 Å². The van der Waals surface area contributed by atoms with Gasteiger partial charge in [0.05, 0.1) is 6.10 Å². The van der Waals surface area contributed by atoms with Crippen molar-refractivity contribution in [2.45, 2.75) is 97.5 Å². The topological polar surface area (TPSA) is 20.2 Å². The quantitative estimate of drug-likeness (QED) is 0.568. The summed E-state index contributed by atoms with van der Waals surface area (Å²) in [6.45, 7) is 9.95. The van der Waals surface area contributed by atoms with E-state index in [0.29, 0.717) is 10.8 Å². The van der Waals surface area contributed by atoms with Crippen molar-refractivity contribution in [2.75, 3.05) is 0 Å². The molecule has 0 amide bonds. The van der Waals surface area contributed by atoms with Gasteiger partial charge in [0.25, 0.3) is 0 Å². The van der Waals surface area contributed by atoms with Crippen LogP contribution < -0.4 is 0 Å². The molecular weight excluding hydrogens is 340 g/mol. The van der Waals surface area contributed by atoms with Gasteiger partial charge in [-0.1, -0.05) is 32.0 Å². The van der Waals surface area contributed by atoms with Crippen molar-refractivity contribution < 1.29 is 5.11 Å². The minimum Gasteiger partial charge on any atom is -0.393 e. The van der Waals surface area contributed by atoms with Crippen LogP contribution in [0.4, 0.5) is 0 Å². The monoisotopic (exact) mass is 380 g/mol. The van der Waals surface area contributed by atoms with Gasteiger partial charge in [-0.05, 0) is 129 Å². The summed E-state index contributed by atoms with van der Waals surface area (Å²) >= 11 is 0. The standard InChI is InChI=1S/C27H40O/c1-17-6-5-7-18(2)25(17)24-11-10-22-21-9-8-19-16-20(28)12-14-26(19,3)23(21)13-15-27(22,24)4/h5-7,19-24,28H,8-16H2,1-4H3/t19?,20-,21-,22-,23-,24+,26-,27-/m0/s1. The van der Waals surface area contributed by atoms with Gasteiger partial charge < -0.3 is 5.11 Å². The lowest BCUT2D eigenvalue weighted by Gasteiger charge is -2.61. The zero-order chi connectivity index (χ0) is 19.7. The van der Waals surface area contributed by atoms with Crippen LogP contribution >= 0.6 is 0 Å². The Morgan fingerprint density at radius 1 is 0.821 bits per heavy atom. The summed E-state index contributed by atoms with van der Waals surface area (Å²) in [7, 11) is 0. The third-order valence-corrected chi connectivity index (χ3v) is 10.5. The van der Waals surface area contributed by atoms with E-state index in [2.05, 4.69) is 45.9 Å². The number of aryl methyl sites for hydroxylation is 2. The van der Waals surface area contributed by atoms with E-state index in [0.717, 1.165) is 42.4 Å². The Kier molecular flexibility index (Phi) is 4.51. The molecule has 4 aliphatic rings. The fourth-order valence-electron chi connectivity index (χ4n) is 9.09. The molecule has 0 aromatic heterocycles. The molecule has 1 heteroatoms. The normalized spacial score (nSPS) is 47.9. The van der Waals surface area contributed by atoms with Crippen LogP contribution in [0.1, 0.15) is 94.2 Å². The molecule has 0 bridgehead atoms. The van der Waals surface area contributed by atoms with E-state index in [9.17, 15) is 5.11 Å². The molecule has 1 unspecified atom stereocenters. The smallest absolute Gasteiger partial charge is 0.0543 e. The van der Waals surface area contributed by atoms with Crippen LogP contribution in [-0.2, 0) is 0 Å². The Labute approximate surface area is 172 Å². The lowest BCUT2D eigenvalue weighted by molar-refractivity contribution is -0.122. The fraction of sp³-hybridized carbons (Fsp3) is 0.778. The van der Waals surface area contributed by atoms with Crippen LogP contribution in [0.5, 0.6) is 0 Å². The third-order valence-electron chi connectivity index (χ3n) is 10.5. The first-order valence-electron chi connectivity index (χ1n) is 12.1. The summed E-state index contributed by atoms with van der Waals surface area (Å²) < 4.78 is 0. The van der Waals surface area contributed by atoms with Crippen molar-refractivity contribution in [3.8, 4) is 0 Å². The van der Waals surface area contributed by atoms with Gasteiger partial charge in [0, 0.05) is 0 Å². The number of fused-ring (bicyclic) bond motifs is 5. The van der Waals surface area contributed by atoms with E-state index < -0.39 is 0 Å². The number of rotatable bonds is 1. The highest BCUT2D eigenvalue weighted by atomic mass is 16.3. The second-order valence-electron chi connectivity index (χ2n) is 11.6. The van der Waals surface area contributed by atoms with Crippen molar-refractivity contribution in [3.63, 3.8) is 0 Å². The van der Waals surface area contributed by atoms with Gasteiger partial charge in [0.15, 0.2) is 0 Å². The molecule has 5 rings (SSSR count). The summed E-state index contributed by atoms with van der Waals surface area (Å²) in [4.78, 5) is 0. The number of aliphatic hydroxyl groups excluding tert-OH is 1. The summed E-state index contributed by atoms with van der Waals surface area (Å²) in [5, 5.41) is 10.3. The summed E-state index contributed by atoms with van der Waals surface area (Å²) in [6.07, 6.45) is 11.9. The predicted molar refractivity (Wildman–Crippen MR) is 116 cm³/mol. The number of hydrogen-bond donors (Lipinski definition) is 1. The Morgan fingerprint density at radius 2 is 1.50 bits per heavy atom. The van der Waals surface area contributed by atoms with Crippen molar-refractivity contribution in [1.29, 1.82) is 0 Å². The lowest BCUT2D eigenvalue weighted by atomic mass is 9.44. The molecule has 1 aromatic carbocycles. The largest absolute Gasteiger partial charge is 0.393 e. The first-order chi connectivity index (χ1) is 13.3. The molecule has 4 fully saturated rings. The zero-order valence-electron chi connectivity index (χ0n) is 18.5. The summed E-state index contributed by atoms with van der Waals surface area (Å²) in [6, 6.07) is 6.91. The van der Waals surface area contributed by atoms with Gasteiger partial charge in [0.2, 0.25) is 0 Å². The highest BCUT2D eigenvalue weighted by molar-refractivity contribution is 5.39. The molecule has 0 spiro atoms. The maximum atomic E-state index is 10.3. The van der Waals surface area contributed by atoms with Crippen LogP contribution in [0.15, 0.2) is 18.2 Å². The summed E-state index contributed by atoms with van der Waals surface area (Å²) in [5.41, 5.74) is 5.72. The summed E-state index contributed by atoms with van der Waals surface area (Å²) in [5.74, 6) is 4.30. The molecule has 8 atom stereocenters. The number of benzene rings is 1. The average Bonchev–Trinajstić information content (AvgIpc) is 2.99. The SMILES string of the molecule is Cc1cccc(C)c1[C@H]1CC[C@H]2[C@@H]3CCC4C[C@@H](O)CC[C@]4(C)[C@H]3CC[C@]12C. The van der Waals surface area contributed by atoms with Gasteiger partial charge >= 0.3 is 0 Å². The molecule has 4 saturated carbocycles. The van der Waals surface area contributed by atoms with E-state index in [1.165, 1.54) is 56.1 Å². The van der Waals surface area contributed by atoms with Crippen LogP contribution in [-0.4, -0.2) is 11.2 Å². The molecule has 0 heterocycles. The molecule has 1 nitrogen and oxygen atoms in total. The number of hydrogen-bond acceptors (Lipinski definition) is 1. The number of aliphatic hydroxyl groups is 1. The van der Waals surface area contributed by atoms with Crippen LogP contribution in [0, 0.1) is 48.3 Å². The predicted octanol–water partition coefficient (Wildman–Crippen LogP) is 6.79. The van der Waals surface area contributed by atoms with Crippen molar-refractivity contribution in [3.05, 3.63) is 34.9 Å². The van der Waals surface area contributed by atoms with Crippen LogP contribution in [0.2, 0.25) is 0 Å². The Morgan fingerprint density at radius 3 is 2.25 bits per heavy atom. The molecule has 0 radical (unpaired) electrons. The molecular formula is C27H40O. The maximum absolute atomic E-state index is 10.3. The highest BCUT2D eigenvalue weighted by Crippen LogP contribution is 2.69. The average molecular weight is 381 g/mol. The minimum atomic E-state index is -0.0247. The Hall–Kier alpha value is -0.820. The Bertz CT molecular complexity index is 732. The van der Waals surface area contributed by atoms with Crippen molar-refractivity contribution in [2.24, 2.45) is 34.5 Å². The Balaban J connectivity index is 1.46. The van der Waals surface area contributed by atoms with E-state index >= 15 is 0 Å². The van der Waals surface area contributed by atoms with Gasteiger partial charge in [-0.3, -0.25) is 0 Å². The third kappa shape index (κ3) is 2.60. The van der Waals surface area contributed by atoms with Gasteiger partial charge in [-0.25, -0.2) is 0 Å². The second-order valence-corrected chi connectivity index (χ2v) is 11.6. The van der Waals surface area contributed by atoms with E-state index in [-0.39, 0.29) is 6.10 Å². The lowest BCUT2D eigenvalue weighted by Crippen LogP contribution is -2.53. The van der Waals surface area contributed by atoms with Gasteiger partial charge in [-0.15, -0.1) is 0 Å². The van der Waals surface area contributed by atoms with E-state index in [1.807, 2.05) is 0 Å². The molecule has 0 saturated heterocycles. The molecule has 28 heavy (non-hydrogen) atoms. The first kappa shape index (κ1) is 19.2. The maximum Gasteiger partial charge on any atom is 0.0543 e. The first-order valence-corrected chi connectivity index (χ1v) is 12.1. The zero-order valence-corrected chi connectivity index (χ0v) is 18.5. The fourth-order valence-corrected chi connectivity index (χ4v) is 9.09. The second kappa shape index (κ2) is 6.59. The van der Waals surface area contributed by atoms with Gasteiger partial charge in [0.1, 0.15) is 0 Å². The van der Waals surface area contributed by atoms with Crippen molar-refractivity contribution >= 4 is 0 Å². The van der Waals surface area contributed by atoms with E-state index in [4.69, 9.17) is 0 Å². The van der Waals surface area contributed by atoms with Crippen LogP contribution in [0.3, 0.4) is 0 Å². The highest BCUT2D eigenvalue weighted by Gasteiger charge is 2.60. The molecule has 1 N–H and O–H groups in total. The molecule has 0 aliphatic heterocycles. The minimum absolute atomic E-state index is 0.0247. The molecule has 154 valence electrons. The molecule has 1 aromatic rings.